The summed E-state index contributed by atoms with van der Waals surface area (Å²) in [5.74, 6) is -0.485. The molecule has 1 heterocycles. The van der Waals surface area contributed by atoms with Gasteiger partial charge in [-0.05, 0) is 20.3 Å². The van der Waals surface area contributed by atoms with Gasteiger partial charge in [-0.15, -0.1) is 0 Å². The number of amides is 1. The molecule has 0 aliphatic heterocycles. The molecule has 8 heteroatoms. The molecular weight excluding hydrogens is 228 g/mol. The monoisotopic (exact) mass is 242 g/mol. The summed E-state index contributed by atoms with van der Waals surface area (Å²) in [7, 11) is 0. The molecule has 0 spiro atoms. The molecule has 1 rings (SSSR count). The zero-order valence-corrected chi connectivity index (χ0v) is 9.63. The van der Waals surface area contributed by atoms with Crippen LogP contribution in [0.5, 0.6) is 0 Å². The van der Waals surface area contributed by atoms with Gasteiger partial charge in [-0.2, -0.15) is 5.10 Å². The second kappa shape index (κ2) is 5.39. The molecule has 0 radical (unpaired) electrons. The SMILES string of the molecule is Cc1nn(CCCC(=O)NO)c(C)c1[N+](=O)[O-]. The van der Waals surface area contributed by atoms with E-state index in [4.69, 9.17) is 5.21 Å². The molecule has 17 heavy (non-hydrogen) atoms. The predicted molar refractivity (Wildman–Crippen MR) is 57.5 cm³/mol. The van der Waals surface area contributed by atoms with Crippen LogP contribution in [0.4, 0.5) is 5.69 Å². The van der Waals surface area contributed by atoms with Crippen molar-refractivity contribution in [2.45, 2.75) is 33.2 Å². The second-order valence-electron chi connectivity index (χ2n) is 3.64. The lowest BCUT2D eigenvalue weighted by molar-refractivity contribution is -0.386. The smallest absolute Gasteiger partial charge is 0.289 e. The van der Waals surface area contributed by atoms with Crippen molar-refractivity contribution in [3.05, 3.63) is 21.5 Å². The highest BCUT2D eigenvalue weighted by Crippen LogP contribution is 2.21. The van der Waals surface area contributed by atoms with E-state index in [9.17, 15) is 14.9 Å². The van der Waals surface area contributed by atoms with E-state index in [-0.39, 0.29) is 12.1 Å². The number of nitrogens with zero attached hydrogens (tertiary/aromatic N) is 3. The first kappa shape index (κ1) is 13.1. The second-order valence-corrected chi connectivity index (χ2v) is 3.64. The molecule has 0 aliphatic carbocycles. The molecule has 0 unspecified atom stereocenters. The van der Waals surface area contributed by atoms with Gasteiger partial charge in [-0.1, -0.05) is 0 Å². The minimum atomic E-state index is -0.485. The van der Waals surface area contributed by atoms with Crippen LogP contribution >= 0.6 is 0 Å². The summed E-state index contributed by atoms with van der Waals surface area (Å²) in [5.41, 5.74) is 2.36. The van der Waals surface area contributed by atoms with Gasteiger partial charge in [0, 0.05) is 13.0 Å². The Morgan fingerprint density at radius 3 is 2.71 bits per heavy atom. The van der Waals surface area contributed by atoms with Crippen molar-refractivity contribution < 1.29 is 14.9 Å². The Morgan fingerprint density at radius 2 is 2.24 bits per heavy atom. The zero-order valence-electron chi connectivity index (χ0n) is 9.63. The van der Waals surface area contributed by atoms with E-state index in [2.05, 4.69) is 5.10 Å². The lowest BCUT2D eigenvalue weighted by atomic mass is 10.3. The van der Waals surface area contributed by atoms with Crippen LogP contribution in [0.1, 0.15) is 24.2 Å². The Hall–Kier alpha value is -1.96. The Labute approximate surface area is 97.3 Å². The number of carbonyl (C=O) groups excluding carboxylic acids is 1. The first-order valence-corrected chi connectivity index (χ1v) is 5.08. The van der Waals surface area contributed by atoms with Crippen LogP contribution in [0.3, 0.4) is 0 Å². The van der Waals surface area contributed by atoms with Gasteiger partial charge < -0.3 is 0 Å². The Kier molecular flexibility index (Phi) is 4.16. The molecule has 1 aromatic rings. The van der Waals surface area contributed by atoms with Gasteiger partial charge in [-0.25, -0.2) is 5.48 Å². The van der Waals surface area contributed by atoms with Crippen LogP contribution in [0.25, 0.3) is 0 Å². The number of hydrogen-bond acceptors (Lipinski definition) is 5. The van der Waals surface area contributed by atoms with Crippen molar-refractivity contribution in [2.75, 3.05) is 0 Å². The van der Waals surface area contributed by atoms with E-state index in [1.165, 1.54) is 10.2 Å². The minimum Gasteiger partial charge on any atom is -0.289 e. The lowest BCUT2D eigenvalue weighted by Crippen LogP contribution is -2.18. The van der Waals surface area contributed by atoms with E-state index >= 15 is 0 Å². The molecule has 0 saturated heterocycles. The van der Waals surface area contributed by atoms with Crippen molar-refractivity contribution in [3.8, 4) is 0 Å². The third-order valence-corrected chi connectivity index (χ3v) is 2.42. The van der Waals surface area contributed by atoms with Gasteiger partial charge in [0.2, 0.25) is 5.91 Å². The van der Waals surface area contributed by atoms with E-state index < -0.39 is 10.8 Å². The first-order chi connectivity index (χ1) is 7.97. The Bertz CT molecular complexity index is 440. The van der Waals surface area contributed by atoms with Crippen LogP contribution < -0.4 is 5.48 Å². The molecule has 0 fully saturated rings. The topological polar surface area (TPSA) is 110 Å². The van der Waals surface area contributed by atoms with Crippen LogP contribution in [-0.2, 0) is 11.3 Å². The molecule has 1 aromatic heterocycles. The zero-order chi connectivity index (χ0) is 13.0. The van der Waals surface area contributed by atoms with Gasteiger partial charge >= 0.3 is 5.69 Å². The molecule has 8 nitrogen and oxygen atoms in total. The average Bonchev–Trinajstić information content (AvgIpc) is 2.53. The third-order valence-electron chi connectivity index (χ3n) is 2.42. The van der Waals surface area contributed by atoms with E-state index in [0.717, 1.165) is 0 Å². The third kappa shape index (κ3) is 3.00. The summed E-state index contributed by atoms with van der Waals surface area (Å²) in [6.45, 7) is 3.58. The fourth-order valence-electron chi connectivity index (χ4n) is 1.61. The van der Waals surface area contributed by atoms with Crippen LogP contribution in [0.15, 0.2) is 0 Å². The molecule has 0 aromatic carbocycles. The van der Waals surface area contributed by atoms with Gasteiger partial charge in [0.05, 0.1) is 4.92 Å². The quantitative estimate of drug-likeness (QED) is 0.448. The molecule has 1 amide bonds. The van der Waals surface area contributed by atoms with Crippen LogP contribution in [0.2, 0.25) is 0 Å². The first-order valence-electron chi connectivity index (χ1n) is 5.08. The molecule has 0 saturated carbocycles. The predicted octanol–water partition coefficient (Wildman–Crippen LogP) is 0.694. The number of hydrogen-bond donors (Lipinski definition) is 2. The van der Waals surface area contributed by atoms with Crippen molar-refractivity contribution in [1.29, 1.82) is 0 Å². The molecule has 94 valence electrons. The van der Waals surface area contributed by atoms with Gasteiger partial charge in [0.1, 0.15) is 11.4 Å². The average molecular weight is 242 g/mol. The van der Waals surface area contributed by atoms with Crippen LogP contribution in [0, 0.1) is 24.0 Å². The molecule has 2 N–H and O–H groups in total. The number of hydroxylamine groups is 1. The number of nitro groups is 1. The maximum absolute atomic E-state index is 10.8. The van der Waals surface area contributed by atoms with Gasteiger partial charge in [0.15, 0.2) is 0 Å². The maximum Gasteiger partial charge on any atom is 0.312 e. The molecule has 0 atom stereocenters. The van der Waals surface area contributed by atoms with Crippen molar-refractivity contribution in [2.24, 2.45) is 0 Å². The fourth-order valence-corrected chi connectivity index (χ4v) is 1.61. The number of nitrogens with one attached hydrogen (secondary N) is 1. The maximum atomic E-state index is 10.8. The van der Waals surface area contributed by atoms with Gasteiger partial charge in [-0.3, -0.25) is 24.8 Å². The molecule has 0 bridgehead atoms. The Morgan fingerprint density at radius 1 is 1.59 bits per heavy atom. The van der Waals surface area contributed by atoms with Crippen molar-refractivity contribution in [3.63, 3.8) is 0 Å². The minimum absolute atomic E-state index is 0.0107. The van der Waals surface area contributed by atoms with E-state index in [0.29, 0.717) is 24.4 Å². The fraction of sp³-hybridized carbons (Fsp3) is 0.556. The molecular formula is C9H14N4O4. The lowest BCUT2D eigenvalue weighted by Gasteiger charge is -2.02. The summed E-state index contributed by atoms with van der Waals surface area (Å²) < 4.78 is 1.50. The summed E-state index contributed by atoms with van der Waals surface area (Å²) in [6, 6.07) is 0. The summed E-state index contributed by atoms with van der Waals surface area (Å²) >= 11 is 0. The van der Waals surface area contributed by atoms with E-state index in [1.807, 2.05) is 0 Å². The van der Waals surface area contributed by atoms with Gasteiger partial charge in [0.25, 0.3) is 0 Å². The van der Waals surface area contributed by atoms with Crippen molar-refractivity contribution in [1.82, 2.24) is 15.3 Å². The standard InChI is InChI=1S/C9H14N4O4/c1-6-9(13(16)17)7(2)12(10-6)5-3-4-8(14)11-15/h15H,3-5H2,1-2H3,(H,11,14). The Balaban J connectivity index is 2.70. The number of aryl methyl sites for hydroxylation is 2. The summed E-state index contributed by atoms with van der Waals surface area (Å²) in [5, 5.41) is 23.1. The number of rotatable bonds is 5. The van der Waals surface area contributed by atoms with Crippen LogP contribution in [-0.4, -0.2) is 25.8 Å². The highest BCUT2D eigenvalue weighted by atomic mass is 16.6. The van der Waals surface area contributed by atoms with Crippen molar-refractivity contribution >= 4 is 11.6 Å². The number of carbonyl (C=O) groups is 1. The summed E-state index contributed by atoms with van der Waals surface area (Å²) in [4.78, 5) is 21.0. The van der Waals surface area contributed by atoms with E-state index in [1.54, 1.807) is 13.8 Å². The molecule has 0 aliphatic rings. The normalized spacial score (nSPS) is 10.3. The highest BCUT2D eigenvalue weighted by Gasteiger charge is 2.21. The largest absolute Gasteiger partial charge is 0.312 e. The number of aromatic nitrogens is 2. The summed E-state index contributed by atoms with van der Waals surface area (Å²) in [6.07, 6.45) is 0.591. The highest BCUT2D eigenvalue weighted by molar-refractivity contribution is 5.74.